The van der Waals surface area contributed by atoms with Crippen LogP contribution in [0.25, 0.3) is 0 Å². The predicted molar refractivity (Wildman–Crippen MR) is 86.0 cm³/mol. The number of hydrazine groups is 1. The Balaban J connectivity index is 2.41. The Kier molecular flexibility index (Phi) is 7.85. The Bertz CT molecular complexity index is 413. The third-order valence-electron chi connectivity index (χ3n) is 2.99. The lowest BCUT2D eigenvalue weighted by atomic mass is 10.1. The van der Waals surface area contributed by atoms with Crippen molar-refractivity contribution < 1.29 is 5.11 Å². The van der Waals surface area contributed by atoms with Gasteiger partial charge in [-0.15, -0.1) is 0 Å². The zero-order valence-corrected chi connectivity index (χ0v) is 13.9. The molecule has 0 aromatic heterocycles. The molecule has 0 heterocycles. The van der Waals surface area contributed by atoms with Crippen LogP contribution in [-0.4, -0.2) is 29.4 Å². The van der Waals surface area contributed by atoms with Crippen molar-refractivity contribution in [3.8, 4) is 0 Å². The molecule has 1 aromatic carbocycles. The summed E-state index contributed by atoms with van der Waals surface area (Å²) in [6.45, 7) is 8.17. The molecule has 1 rings (SSSR count). The van der Waals surface area contributed by atoms with Crippen LogP contribution < -0.4 is 5.43 Å². The fourth-order valence-corrected chi connectivity index (χ4v) is 2.31. The Morgan fingerprint density at radius 3 is 2.50 bits per heavy atom. The maximum atomic E-state index is 10.0. The fourth-order valence-electron chi connectivity index (χ4n) is 1.99. The smallest absolute Gasteiger partial charge is 0.117 e. The van der Waals surface area contributed by atoms with Crippen molar-refractivity contribution in [2.75, 3.05) is 13.1 Å². The van der Waals surface area contributed by atoms with E-state index in [9.17, 15) is 5.11 Å². The highest BCUT2D eigenvalue weighted by Gasteiger charge is 2.10. The number of nitrogens with one attached hydrogen (secondary N) is 1. The average Bonchev–Trinajstić information content (AvgIpc) is 2.39. The molecule has 0 spiro atoms. The first kappa shape index (κ1) is 17.7. The number of hydrogen-bond acceptors (Lipinski definition) is 3. The number of hydrogen-bond donors (Lipinski definition) is 2. The molecule has 5 heteroatoms. The van der Waals surface area contributed by atoms with Gasteiger partial charge in [-0.1, -0.05) is 50.0 Å². The molecule has 0 radical (unpaired) electrons. The number of benzene rings is 1. The van der Waals surface area contributed by atoms with Gasteiger partial charge in [0, 0.05) is 13.1 Å². The first-order valence-corrected chi connectivity index (χ1v) is 7.81. The molecule has 3 nitrogen and oxygen atoms in total. The minimum absolute atomic E-state index is 0.553. The van der Waals surface area contributed by atoms with Gasteiger partial charge in [-0.3, -0.25) is 0 Å². The number of aliphatic hydroxyl groups excluding tert-OH is 1. The van der Waals surface area contributed by atoms with Crippen LogP contribution in [0.4, 0.5) is 0 Å². The van der Waals surface area contributed by atoms with Gasteiger partial charge < -0.3 is 5.11 Å². The van der Waals surface area contributed by atoms with Crippen LogP contribution >= 0.6 is 23.2 Å². The SMILES string of the molecule is CCN(CC(C)C)NC(O)CCc1ccc(Cl)c(Cl)c1. The van der Waals surface area contributed by atoms with Gasteiger partial charge in [0.1, 0.15) is 6.23 Å². The second-order valence-corrected chi connectivity index (χ2v) is 6.18. The van der Waals surface area contributed by atoms with Gasteiger partial charge in [-0.25, -0.2) is 10.4 Å². The van der Waals surface area contributed by atoms with E-state index in [0.29, 0.717) is 22.4 Å². The largest absolute Gasteiger partial charge is 0.377 e. The van der Waals surface area contributed by atoms with E-state index in [1.54, 1.807) is 6.07 Å². The van der Waals surface area contributed by atoms with Crippen LogP contribution in [0.15, 0.2) is 18.2 Å². The summed E-state index contributed by atoms with van der Waals surface area (Å²) >= 11 is 11.9. The fraction of sp³-hybridized carbons (Fsp3) is 0.600. The van der Waals surface area contributed by atoms with Gasteiger partial charge in [0.15, 0.2) is 0 Å². The molecule has 0 aliphatic carbocycles. The molecule has 20 heavy (non-hydrogen) atoms. The Morgan fingerprint density at radius 2 is 1.95 bits per heavy atom. The zero-order valence-electron chi connectivity index (χ0n) is 12.4. The molecule has 0 aliphatic rings. The molecular formula is C15H24Cl2N2O. The number of nitrogens with zero attached hydrogens (tertiary/aromatic N) is 1. The van der Waals surface area contributed by atoms with Crippen LogP contribution in [-0.2, 0) is 6.42 Å². The Morgan fingerprint density at radius 1 is 1.25 bits per heavy atom. The molecule has 0 saturated carbocycles. The minimum atomic E-state index is -0.553. The van der Waals surface area contributed by atoms with E-state index < -0.39 is 6.23 Å². The van der Waals surface area contributed by atoms with Crippen molar-refractivity contribution in [2.24, 2.45) is 5.92 Å². The lowest BCUT2D eigenvalue weighted by molar-refractivity contribution is 0.0264. The summed E-state index contributed by atoms with van der Waals surface area (Å²) in [7, 11) is 0. The number of aryl methyl sites for hydroxylation is 1. The molecule has 0 aliphatic heterocycles. The van der Waals surface area contributed by atoms with Crippen LogP contribution in [0.3, 0.4) is 0 Å². The summed E-state index contributed by atoms with van der Waals surface area (Å²) < 4.78 is 0. The molecule has 1 atom stereocenters. The standard InChI is InChI=1S/C15H24Cl2N2O/c1-4-19(10-11(2)3)18-15(20)8-6-12-5-7-13(16)14(17)9-12/h5,7,9,11,15,18,20H,4,6,8,10H2,1-3H3. The zero-order chi connectivity index (χ0) is 15.1. The van der Waals surface area contributed by atoms with Crippen molar-refractivity contribution in [3.63, 3.8) is 0 Å². The average molecular weight is 319 g/mol. The van der Waals surface area contributed by atoms with Gasteiger partial charge in [-0.05, 0) is 36.5 Å². The summed E-state index contributed by atoms with van der Waals surface area (Å²) in [5.41, 5.74) is 4.20. The molecule has 1 unspecified atom stereocenters. The molecule has 0 amide bonds. The Hall–Kier alpha value is -0.320. The van der Waals surface area contributed by atoms with Gasteiger partial charge in [0.05, 0.1) is 10.0 Å². The second kappa shape index (κ2) is 8.85. The number of rotatable bonds is 8. The number of halogens is 2. The molecular weight excluding hydrogens is 295 g/mol. The van der Waals surface area contributed by atoms with Crippen molar-refractivity contribution >= 4 is 23.2 Å². The Labute approximate surface area is 131 Å². The molecule has 114 valence electrons. The maximum absolute atomic E-state index is 10.0. The third-order valence-corrected chi connectivity index (χ3v) is 3.73. The minimum Gasteiger partial charge on any atom is -0.377 e. The molecule has 0 fully saturated rings. The summed E-state index contributed by atoms with van der Waals surface area (Å²) in [5.74, 6) is 0.560. The lowest BCUT2D eigenvalue weighted by Crippen LogP contribution is -2.46. The van der Waals surface area contributed by atoms with E-state index in [1.165, 1.54) is 0 Å². The van der Waals surface area contributed by atoms with Gasteiger partial charge in [-0.2, -0.15) is 0 Å². The quantitative estimate of drug-likeness (QED) is 0.566. The molecule has 0 saturated heterocycles. The van der Waals surface area contributed by atoms with E-state index in [2.05, 4.69) is 26.2 Å². The third kappa shape index (κ3) is 6.42. The highest BCUT2D eigenvalue weighted by Crippen LogP contribution is 2.23. The summed E-state index contributed by atoms with van der Waals surface area (Å²) in [5, 5.41) is 13.2. The maximum Gasteiger partial charge on any atom is 0.117 e. The first-order chi connectivity index (χ1) is 9.42. The summed E-state index contributed by atoms with van der Waals surface area (Å²) in [6.07, 6.45) is 0.833. The van der Waals surface area contributed by atoms with E-state index in [1.807, 2.05) is 17.1 Å². The van der Waals surface area contributed by atoms with Gasteiger partial charge in [0.2, 0.25) is 0 Å². The predicted octanol–water partition coefficient (Wildman–Crippen LogP) is 3.73. The molecule has 1 aromatic rings. The summed E-state index contributed by atoms with van der Waals surface area (Å²) in [6, 6.07) is 5.57. The van der Waals surface area contributed by atoms with E-state index in [0.717, 1.165) is 25.1 Å². The molecule has 0 bridgehead atoms. The monoisotopic (exact) mass is 318 g/mol. The normalized spacial score (nSPS) is 13.2. The van der Waals surface area contributed by atoms with Crippen molar-refractivity contribution in [1.29, 1.82) is 0 Å². The van der Waals surface area contributed by atoms with Crippen molar-refractivity contribution in [3.05, 3.63) is 33.8 Å². The van der Waals surface area contributed by atoms with E-state index >= 15 is 0 Å². The highest BCUT2D eigenvalue weighted by molar-refractivity contribution is 6.42. The van der Waals surface area contributed by atoms with Crippen LogP contribution in [0.5, 0.6) is 0 Å². The van der Waals surface area contributed by atoms with Crippen LogP contribution in [0, 0.1) is 5.92 Å². The highest BCUT2D eigenvalue weighted by atomic mass is 35.5. The first-order valence-electron chi connectivity index (χ1n) is 7.05. The van der Waals surface area contributed by atoms with E-state index in [-0.39, 0.29) is 0 Å². The van der Waals surface area contributed by atoms with Gasteiger partial charge >= 0.3 is 0 Å². The second-order valence-electron chi connectivity index (χ2n) is 5.36. The van der Waals surface area contributed by atoms with E-state index in [4.69, 9.17) is 23.2 Å². The van der Waals surface area contributed by atoms with Crippen molar-refractivity contribution in [2.45, 2.75) is 39.8 Å². The number of aliphatic hydroxyl groups is 1. The van der Waals surface area contributed by atoms with Crippen LogP contribution in [0.1, 0.15) is 32.8 Å². The van der Waals surface area contributed by atoms with Gasteiger partial charge in [0.25, 0.3) is 0 Å². The topological polar surface area (TPSA) is 35.5 Å². The van der Waals surface area contributed by atoms with Crippen molar-refractivity contribution in [1.82, 2.24) is 10.4 Å². The lowest BCUT2D eigenvalue weighted by Gasteiger charge is -2.26. The summed E-state index contributed by atoms with van der Waals surface area (Å²) in [4.78, 5) is 0. The van der Waals surface area contributed by atoms with Crippen LogP contribution in [0.2, 0.25) is 10.0 Å². The molecule has 2 N–H and O–H groups in total.